The Balaban J connectivity index is 2.31. The van der Waals surface area contributed by atoms with Crippen LogP contribution in [0.4, 0.5) is 0 Å². The van der Waals surface area contributed by atoms with Crippen LogP contribution in [0.15, 0.2) is 46.9 Å². The van der Waals surface area contributed by atoms with E-state index in [4.69, 9.17) is 0 Å². The summed E-state index contributed by atoms with van der Waals surface area (Å²) in [5.41, 5.74) is 9.35. The second-order valence-electron chi connectivity index (χ2n) is 8.09. The highest BCUT2D eigenvalue weighted by Gasteiger charge is 2.27. The third kappa shape index (κ3) is 3.87. The fourth-order valence-electron chi connectivity index (χ4n) is 3.00. The van der Waals surface area contributed by atoms with Crippen molar-refractivity contribution < 1.29 is 0 Å². The molecular weight excluding hydrogens is 268 g/mol. The summed E-state index contributed by atoms with van der Waals surface area (Å²) in [6, 6.07) is 6.88. The van der Waals surface area contributed by atoms with Crippen LogP contribution in [0.1, 0.15) is 30.5 Å². The number of allylic oxidation sites excluding steroid dienone is 3. The van der Waals surface area contributed by atoms with Crippen molar-refractivity contribution >= 4 is 8.07 Å². The molecule has 0 heterocycles. The van der Waals surface area contributed by atoms with Crippen LogP contribution in [0.5, 0.6) is 0 Å². The number of rotatable bonds is 4. The lowest BCUT2D eigenvalue weighted by Crippen LogP contribution is -2.21. The van der Waals surface area contributed by atoms with Crippen molar-refractivity contribution in [1.82, 2.24) is 0 Å². The Morgan fingerprint density at radius 2 is 1.52 bits per heavy atom. The minimum absolute atomic E-state index is 0.137. The van der Waals surface area contributed by atoms with E-state index in [9.17, 15) is 0 Å². The van der Waals surface area contributed by atoms with Crippen molar-refractivity contribution in [2.24, 2.45) is 5.41 Å². The predicted molar refractivity (Wildman–Crippen MR) is 96.4 cm³/mol. The summed E-state index contributed by atoms with van der Waals surface area (Å²) < 4.78 is 0. The zero-order chi connectivity index (χ0) is 15.8. The van der Waals surface area contributed by atoms with E-state index in [0.717, 1.165) is 6.42 Å². The van der Waals surface area contributed by atoms with Gasteiger partial charge in [0.25, 0.3) is 0 Å². The molecule has 0 N–H and O–H groups in total. The third-order valence-corrected chi connectivity index (χ3v) is 6.06. The van der Waals surface area contributed by atoms with Gasteiger partial charge in [-0.3, -0.25) is 0 Å². The number of aryl methyl sites for hydroxylation is 2. The van der Waals surface area contributed by atoms with E-state index in [-0.39, 0.29) is 5.41 Å². The molecule has 0 bridgehead atoms. The summed E-state index contributed by atoms with van der Waals surface area (Å²) in [6.07, 6.45) is 5.65. The largest absolute Gasteiger partial charge is 0.118 e. The standard InChI is InChI=1S/C20H28Si/c1-15-10-16(2)12-17(11-15)14-20(3,4)18-8-9-19(13-18)21(5,6)7/h8-12H,14H2,1-7H3. The predicted octanol–water partition coefficient (Wildman–Crippen LogP) is 5.77. The lowest BCUT2D eigenvalue weighted by Gasteiger charge is -2.25. The molecule has 1 aliphatic carbocycles. The molecule has 0 radical (unpaired) electrons. The molecule has 0 aromatic heterocycles. The van der Waals surface area contributed by atoms with Gasteiger partial charge in [-0.25, -0.2) is 0 Å². The summed E-state index contributed by atoms with van der Waals surface area (Å²) in [7, 11) is -1.26. The van der Waals surface area contributed by atoms with Gasteiger partial charge < -0.3 is 0 Å². The molecule has 1 heteroatoms. The topological polar surface area (TPSA) is 0 Å². The van der Waals surface area contributed by atoms with Crippen LogP contribution in [0.25, 0.3) is 0 Å². The number of hydrogen-bond donors (Lipinski definition) is 0. The molecule has 1 aliphatic rings. The molecule has 0 saturated heterocycles. The van der Waals surface area contributed by atoms with Gasteiger partial charge >= 0.3 is 0 Å². The average molecular weight is 297 g/mol. The van der Waals surface area contributed by atoms with Gasteiger partial charge in [0.1, 0.15) is 0 Å². The Morgan fingerprint density at radius 1 is 0.952 bits per heavy atom. The Labute approximate surface area is 131 Å². The van der Waals surface area contributed by atoms with Gasteiger partial charge in [0.15, 0.2) is 0 Å². The Bertz CT molecular complexity index is 625. The molecule has 0 aliphatic heterocycles. The molecule has 21 heavy (non-hydrogen) atoms. The van der Waals surface area contributed by atoms with Gasteiger partial charge in [0, 0.05) is 5.41 Å². The van der Waals surface area contributed by atoms with Gasteiger partial charge in [-0.1, -0.05) is 75.0 Å². The lowest BCUT2D eigenvalue weighted by molar-refractivity contribution is 0.456. The van der Waals surface area contributed by atoms with E-state index in [0.29, 0.717) is 0 Å². The van der Waals surface area contributed by atoms with E-state index in [2.05, 4.69) is 83.4 Å². The Morgan fingerprint density at radius 3 is 2.00 bits per heavy atom. The van der Waals surface area contributed by atoms with Crippen LogP contribution >= 0.6 is 0 Å². The fraction of sp³-hybridized carbons (Fsp3) is 0.450. The monoisotopic (exact) mass is 296 g/mol. The molecular formula is C20H28Si. The molecule has 1 aromatic rings. The highest BCUT2D eigenvalue weighted by atomic mass is 28.3. The van der Waals surface area contributed by atoms with Crippen LogP contribution in [-0.2, 0) is 6.42 Å². The summed E-state index contributed by atoms with van der Waals surface area (Å²) in [5.74, 6) is 0. The molecule has 0 amide bonds. The molecule has 112 valence electrons. The molecule has 0 unspecified atom stereocenters. The van der Waals surface area contributed by atoms with Gasteiger partial charge in [0.05, 0.1) is 8.07 Å². The van der Waals surface area contributed by atoms with Crippen molar-refractivity contribution in [3.8, 4) is 0 Å². The Hall–Kier alpha value is -1.30. The smallest absolute Gasteiger partial charge is 0.0875 e. The first-order valence-corrected chi connectivity index (χ1v) is 11.3. The summed E-state index contributed by atoms with van der Waals surface area (Å²) in [6.45, 7) is 16.2. The molecule has 0 saturated carbocycles. The molecule has 0 nitrogen and oxygen atoms in total. The van der Waals surface area contributed by atoms with E-state index in [1.807, 2.05) is 0 Å². The highest BCUT2D eigenvalue weighted by Crippen LogP contribution is 2.35. The van der Waals surface area contributed by atoms with Gasteiger partial charge in [-0.05, 0) is 36.6 Å². The SMILES string of the molecule is Cc1cc(C)cc(CC(C)(C)C2=C=C([Si](C)(C)C)C=C2)c1. The van der Waals surface area contributed by atoms with Crippen molar-refractivity contribution in [2.75, 3.05) is 0 Å². The average Bonchev–Trinajstić information content (AvgIpc) is 2.75. The maximum atomic E-state index is 3.70. The number of hydrogen-bond acceptors (Lipinski definition) is 0. The first kappa shape index (κ1) is 16.1. The summed E-state index contributed by atoms with van der Waals surface area (Å²) in [4.78, 5) is 0. The van der Waals surface area contributed by atoms with Crippen LogP contribution < -0.4 is 0 Å². The Kier molecular flexibility index (Phi) is 4.19. The quantitative estimate of drug-likeness (QED) is 0.488. The van der Waals surface area contributed by atoms with Gasteiger partial charge in [0.2, 0.25) is 0 Å². The zero-order valence-corrected chi connectivity index (χ0v) is 15.6. The first-order chi connectivity index (χ1) is 9.58. The summed E-state index contributed by atoms with van der Waals surface area (Å²) >= 11 is 0. The summed E-state index contributed by atoms with van der Waals surface area (Å²) in [5, 5.41) is 1.45. The van der Waals surface area contributed by atoms with Crippen LogP contribution in [-0.4, -0.2) is 8.07 Å². The first-order valence-electron chi connectivity index (χ1n) is 7.85. The van der Waals surface area contributed by atoms with Crippen molar-refractivity contribution in [3.63, 3.8) is 0 Å². The number of benzene rings is 1. The maximum absolute atomic E-state index is 3.70. The van der Waals surface area contributed by atoms with Crippen molar-refractivity contribution in [3.05, 3.63) is 63.5 Å². The molecule has 0 atom stereocenters. The van der Waals surface area contributed by atoms with Crippen LogP contribution in [0.2, 0.25) is 19.6 Å². The van der Waals surface area contributed by atoms with Crippen LogP contribution in [0.3, 0.4) is 0 Å². The second-order valence-corrected chi connectivity index (χ2v) is 13.1. The van der Waals surface area contributed by atoms with Gasteiger partial charge in [-0.2, -0.15) is 0 Å². The maximum Gasteiger partial charge on any atom is 0.0875 e. The molecule has 2 rings (SSSR count). The zero-order valence-electron chi connectivity index (χ0n) is 14.6. The molecule has 1 aromatic carbocycles. The van der Waals surface area contributed by atoms with Crippen molar-refractivity contribution in [1.29, 1.82) is 0 Å². The third-order valence-electron chi connectivity index (χ3n) is 4.15. The van der Waals surface area contributed by atoms with E-state index >= 15 is 0 Å². The normalized spacial score (nSPS) is 15.2. The fourth-order valence-corrected chi connectivity index (χ4v) is 4.10. The lowest BCUT2D eigenvalue weighted by atomic mass is 9.79. The minimum atomic E-state index is -1.26. The van der Waals surface area contributed by atoms with Crippen LogP contribution in [0, 0.1) is 19.3 Å². The highest BCUT2D eigenvalue weighted by molar-refractivity contribution is 6.83. The van der Waals surface area contributed by atoms with Gasteiger partial charge in [-0.15, -0.1) is 5.73 Å². The van der Waals surface area contributed by atoms with Crippen molar-refractivity contribution in [2.45, 2.75) is 53.8 Å². The van der Waals surface area contributed by atoms with E-state index < -0.39 is 8.07 Å². The van der Waals surface area contributed by atoms with E-state index in [1.54, 1.807) is 0 Å². The van der Waals surface area contributed by atoms with E-state index in [1.165, 1.54) is 27.5 Å². The molecule has 0 fully saturated rings. The minimum Gasteiger partial charge on any atom is -0.118 e. The molecule has 0 spiro atoms. The second kappa shape index (κ2) is 5.48.